The minimum Gasteiger partial charge on any atom is -0.462 e. The average Bonchev–Trinajstić information content (AvgIpc) is 3.05. The lowest BCUT2D eigenvalue weighted by Gasteiger charge is -2.24. The van der Waals surface area contributed by atoms with Crippen molar-refractivity contribution in [3.8, 4) is 0 Å². The largest absolute Gasteiger partial charge is 0.462 e. The molecule has 31 heavy (non-hydrogen) atoms. The van der Waals surface area contributed by atoms with E-state index in [0.29, 0.717) is 12.2 Å². The molecule has 0 bridgehead atoms. The molecule has 5 atom stereocenters. The quantitative estimate of drug-likeness (QED) is 0.365. The van der Waals surface area contributed by atoms with Gasteiger partial charge in [0.05, 0.1) is 18.8 Å². The van der Waals surface area contributed by atoms with Crippen molar-refractivity contribution in [2.75, 3.05) is 12.4 Å². The van der Waals surface area contributed by atoms with Gasteiger partial charge in [-0.05, 0) is 33.6 Å². The Bertz CT molecular complexity index is 903. The van der Waals surface area contributed by atoms with Crippen LogP contribution in [0, 0.1) is 5.92 Å². The van der Waals surface area contributed by atoms with Gasteiger partial charge < -0.3 is 14.0 Å². The van der Waals surface area contributed by atoms with Gasteiger partial charge in [-0.15, -0.1) is 0 Å². The molecule has 0 aromatic carbocycles. The molecular weight excluding hydrogens is 445 g/mol. The normalized spacial score (nSPS) is 24.1. The van der Waals surface area contributed by atoms with Crippen LogP contribution in [0.15, 0.2) is 21.9 Å². The third-order valence-corrected chi connectivity index (χ3v) is 8.85. The fraction of sp³-hybridized carbons (Fsp3) is 0.737. The number of aromatic amines is 1. The van der Waals surface area contributed by atoms with E-state index < -0.39 is 42.3 Å². The predicted molar refractivity (Wildman–Crippen MR) is 119 cm³/mol. The first-order chi connectivity index (χ1) is 14.5. The molecule has 0 saturated carbocycles. The van der Waals surface area contributed by atoms with Crippen molar-refractivity contribution in [3.05, 3.63) is 33.1 Å². The Morgan fingerprint density at radius 1 is 1.42 bits per heavy atom. The molecular formula is C19H32N3O7PS. The molecule has 2 rings (SSSR count). The van der Waals surface area contributed by atoms with Crippen molar-refractivity contribution in [2.24, 2.45) is 5.92 Å². The van der Waals surface area contributed by atoms with E-state index in [1.54, 1.807) is 20.8 Å². The number of aromatic nitrogens is 2. The molecule has 0 spiro atoms. The van der Waals surface area contributed by atoms with Gasteiger partial charge in [0, 0.05) is 23.9 Å². The van der Waals surface area contributed by atoms with E-state index in [0.717, 1.165) is 17.8 Å². The summed E-state index contributed by atoms with van der Waals surface area (Å²) in [7, 11) is 0. The van der Waals surface area contributed by atoms with Crippen molar-refractivity contribution in [1.29, 1.82) is 0 Å². The Morgan fingerprint density at radius 2 is 2.13 bits per heavy atom. The van der Waals surface area contributed by atoms with E-state index in [4.69, 9.17) is 14.0 Å². The molecule has 10 nitrogen and oxygen atoms in total. The van der Waals surface area contributed by atoms with Gasteiger partial charge in [-0.3, -0.25) is 23.7 Å². The standard InChI is InChI=1S/C19H32N3O7PS/c1-6-9-31-30(26,21-14(5)18(24)28-12(2)3)27-11-15-10-13(4)17(29-15)22-8-7-16(23)20-19(22)25/h7-8,12-15,17H,6,9-11H2,1-5H3,(H,21,26)(H,20,23,25). The molecule has 1 aliphatic rings. The summed E-state index contributed by atoms with van der Waals surface area (Å²) in [6, 6.07) is 0.465. The van der Waals surface area contributed by atoms with Crippen molar-refractivity contribution in [2.45, 2.75) is 71.9 Å². The molecule has 2 heterocycles. The summed E-state index contributed by atoms with van der Waals surface area (Å²) in [5.41, 5.74) is -1.02. The summed E-state index contributed by atoms with van der Waals surface area (Å²) in [4.78, 5) is 37.7. The van der Waals surface area contributed by atoms with Crippen LogP contribution in [0.3, 0.4) is 0 Å². The number of carbonyl (C=O) groups excluding carboxylic acids is 1. The lowest BCUT2D eigenvalue weighted by atomic mass is 10.1. The smallest absolute Gasteiger partial charge is 0.330 e. The SMILES string of the molecule is CCCSP(=O)(NC(C)C(=O)OC(C)C)OCC1CC(C)C(n2ccc(=O)[nH]c2=O)O1. The summed E-state index contributed by atoms with van der Waals surface area (Å²) in [6.07, 6.45) is 1.54. The summed E-state index contributed by atoms with van der Waals surface area (Å²) in [6.45, 7) is 5.59. The Kier molecular flexibility index (Phi) is 9.57. The fourth-order valence-corrected chi connectivity index (χ4v) is 7.08. The maximum absolute atomic E-state index is 13.3. The van der Waals surface area contributed by atoms with E-state index in [9.17, 15) is 18.9 Å². The second-order valence-electron chi connectivity index (χ2n) is 7.84. The van der Waals surface area contributed by atoms with Crippen LogP contribution in [0.25, 0.3) is 0 Å². The minimum atomic E-state index is -3.40. The van der Waals surface area contributed by atoms with Gasteiger partial charge in [0.1, 0.15) is 12.3 Å². The number of esters is 1. The second-order valence-corrected chi connectivity index (χ2v) is 12.2. The maximum Gasteiger partial charge on any atom is 0.330 e. The number of ether oxygens (including phenoxy) is 2. The van der Waals surface area contributed by atoms with Crippen molar-refractivity contribution in [1.82, 2.24) is 14.6 Å². The number of rotatable bonds is 11. The Hall–Kier alpha value is -1.39. The number of nitrogens with zero attached hydrogens (tertiary/aromatic N) is 1. The van der Waals surface area contributed by atoms with Gasteiger partial charge in [0.2, 0.25) is 0 Å². The molecule has 1 saturated heterocycles. The number of carbonyl (C=O) groups is 1. The number of hydrogen-bond acceptors (Lipinski definition) is 8. The highest BCUT2D eigenvalue weighted by molar-refractivity contribution is 8.56. The predicted octanol–water partition coefficient (Wildman–Crippen LogP) is 2.66. The van der Waals surface area contributed by atoms with Gasteiger partial charge in [-0.25, -0.2) is 9.88 Å². The topological polar surface area (TPSA) is 129 Å². The first-order valence-corrected chi connectivity index (χ1v) is 13.6. The summed E-state index contributed by atoms with van der Waals surface area (Å²) in [5.74, 6) is 0.0695. The molecule has 2 N–H and O–H groups in total. The average molecular weight is 478 g/mol. The van der Waals surface area contributed by atoms with Crippen LogP contribution >= 0.6 is 18.1 Å². The third-order valence-electron chi connectivity index (χ3n) is 4.53. The molecule has 1 aromatic rings. The van der Waals surface area contributed by atoms with Crippen LogP contribution < -0.4 is 16.3 Å². The van der Waals surface area contributed by atoms with E-state index in [-0.39, 0.29) is 18.6 Å². The van der Waals surface area contributed by atoms with Gasteiger partial charge >= 0.3 is 18.4 Å². The first kappa shape index (κ1) is 25.9. The van der Waals surface area contributed by atoms with Gasteiger partial charge in [-0.1, -0.05) is 25.2 Å². The maximum atomic E-state index is 13.3. The molecule has 5 unspecified atom stereocenters. The van der Waals surface area contributed by atoms with Crippen LogP contribution in [-0.2, 0) is 23.4 Å². The van der Waals surface area contributed by atoms with Crippen LogP contribution in [0.5, 0.6) is 0 Å². The Balaban J connectivity index is 2.02. The molecule has 12 heteroatoms. The summed E-state index contributed by atoms with van der Waals surface area (Å²) >= 11 is 1.14. The molecule has 0 aliphatic carbocycles. The van der Waals surface area contributed by atoms with Crippen LogP contribution in [0.1, 0.15) is 53.7 Å². The molecule has 0 radical (unpaired) electrons. The van der Waals surface area contributed by atoms with Gasteiger partial charge in [-0.2, -0.15) is 0 Å². The van der Waals surface area contributed by atoms with E-state index in [1.165, 1.54) is 16.8 Å². The lowest BCUT2D eigenvalue weighted by Crippen LogP contribution is -2.35. The van der Waals surface area contributed by atoms with E-state index in [2.05, 4.69) is 10.1 Å². The highest BCUT2D eigenvalue weighted by Gasteiger charge is 2.37. The number of H-pyrrole nitrogens is 1. The lowest BCUT2D eigenvalue weighted by molar-refractivity contribution is -0.149. The van der Waals surface area contributed by atoms with Crippen molar-refractivity contribution < 1.29 is 23.4 Å². The molecule has 1 aliphatic heterocycles. The van der Waals surface area contributed by atoms with Crippen molar-refractivity contribution in [3.63, 3.8) is 0 Å². The minimum absolute atomic E-state index is 0.0206. The molecule has 0 amide bonds. The first-order valence-electron chi connectivity index (χ1n) is 10.4. The Morgan fingerprint density at radius 3 is 2.74 bits per heavy atom. The monoisotopic (exact) mass is 477 g/mol. The highest BCUT2D eigenvalue weighted by atomic mass is 32.7. The molecule has 176 valence electrons. The fourth-order valence-electron chi connectivity index (χ4n) is 3.12. The Labute approximate surface area is 185 Å². The van der Waals surface area contributed by atoms with E-state index >= 15 is 0 Å². The van der Waals surface area contributed by atoms with E-state index in [1.807, 2.05) is 13.8 Å². The highest BCUT2D eigenvalue weighted by Crippen LogP contribution is 2.57. The molecule has 1 fully saturated rings. The van der Waals surface area contributed by atoms with Crippen molar-refractivity contribution >= 4 is 24.1 Å². The van der Waals surface area contributed by atoms with Crippen LogP contribution in [0.4, 0.5) is 0 Å². The second kappa shape index (κ2) is 11.5. The zero-order valence-corrected chi connectivity index (χ0v) is 20.2. The van der Waals surface area contributed by atoms with Crippen LogP contribution in [-0.4, -0.2) is 46.1 Å². The number of hydrogen-bond donors (Lipinski definition) is 2. The third kappa shape index (κ3) is 7.61. The zero-order chi connectivity index (χ0) is 23.2. The summed E-state index contributed by atoms with van der Waals surface area (Å²) in [5, 5.41) is 2.80. The number of nitrogens with one attached hydrogen (secondary N) is 2. The molecule has 1 aromatic heterocycles. The van der Waals surface area contributed by atoms with Gasteiger partial charge in [0.25, 0.3) is 5.56 Å². The van der Waals surface area contributed by atoms with Crippen LogP contribution in [0.2, 0.25) is 0 Å². The zero-order valence-electron chi connectivity index (χ0n) is 18.5. The van der Waals surface area contributed by atoms with Gasteiger partial charge in [0.15, 0.2) is 0 Å². The summed E-state index contributed by atoms with van der Waals surface area (Å²) < 4.78 is 31.5.